The van der Waals surface area contributed by atoms with Gasteiger partial charge in [0.2, 0.25) is 5.88 Å². The molecular formula is C29H30F2N2O2. The van der Waals surface area contributed by atoms with Crippen LogP contribution in [0.5, 0.6) is 5.88 Å². The predicted octanol–water partition coefficient (Wildman–Crippen LogP) is 7.69. The van der Waals surface area contributed by atoms with Gasteiger partial charge in [-0.2, -0.15) is 0 Å². The number of carbonyl (C=O) groups is 1. The first kappa shape index (κ1) is 25.8. The molecule has 2 heterocycles. The number of rotatable bonds is 6. The highest BCUT2D eigenvalue weighted by atomic mass is 19.1. The molecule has 0 saturated carbocycles. The first-order valence-electron chi connectivity index (χ1n) is 11.6. The van der Waals surface area contributed by atoms with Crippen molar-refractivity contribution in [3.8, 4) is 17.0 Å². The first-order chi connectivity index (χ1) is 16.9. The number of fused-ring (bicyclic) bond motifs is 1. The molecule has 6 heteroatoms. The number of nitrogens with zero attached hydrogens (tertiary/aromatic N) is 2. The summed E-state index contributed by atoms with van der Waals surface area (Å²) in [5, 5.41) is 0.800. The van der Waals surface area contributed by atoms with E-state index in [0.29, 0.717) is 22.7 Å². The van der Waals surface area contributed by atoms with Gasteiger partial charge in [-0.1, -0.05) is 38.5 Å². The van der Waals surface area contributed by atoms with E-state index in [1.165, 1.54) is 20.5 Å². The summed E-state index contributed by atoms with van der Waals surface area (Å²) in [5.41, 5.74) is 3.53. The molecule has 0 unspecified atom stereocenters. The Morgan fingerprint density at radius 3 is 2.51 bits per heavy atom. The maximum absolute atomic E-state index is 14.5. The minimum Gasteiger partial charge on any atom is -0.481 e. The highest BCUT2D eigenvalue weighted by Crippen LogP contribution is 2.40. The number of halogens is 2. The van der Waals surface area contributed by atoms with Crippen LogP contribution >= 0.6 is 0 Å². The van der Waals surface area contributed by atoms with Gasteiger partial charge >= 0.3 is 0 Å². The summed E-state index contributed by atoms with van der Waals surface area (Å²) in [5.74, 6) is -0.894. The summed E-state index contributed by atoms with van der Waals surface area (Å²) in [6.07, 6.45) is 6.75. The summed E-state index contributed by atoms with van der Waals surface area (Å²) >= 11 is 0. The number of hydrogen-bond donors (Lipinski definition) is 0. The number of pyridine rings is 1. The molecule has 0 bridgehead atoms. The Balaban J connectivity index is 0.00000108. The van der Waals surface area contributed by atoms with Crippen molar-refractivity contribution in [3.63, 3.8) is 0 Å². The van der Waals surface area contributed by atoms with Crippen molar-refractivity contribution in [1.29, 1.82) is 0 Å². The second-order valence-corrected chi connectivity index (χ2v) is 8.15. The topological polar surface area (TPSA) is 44.1 Å². The molecule has 2 aromatic heterocycles. The zero-order chi connectivity index (χ0) is 25.5. The smallest absolute Gasteiger partial charge is 0.221 e. The van der Waals surface area contributed by atoms with Crippen LogP contribution in [0, 0.1) is 11.6 Å². The van der Waals surface area contributed by atoms with E-state index in [1.54, 1.807) is 16.8 Å². The highest BCUT2D eigenvalue weighted by Gasteiger charge is 2.25. The van der Waals surface area contributed by atoms with Gasteiger partial charge in [-0.3, -0.25) is 4.79 Å². The van der Waals surface area contributed by atoms with Crippen LogP contribution in [-0.2, 0) is 6.54 Å². The summed E-state index contributed by atoms with van der Waals surface area (Å²) in [6, 6.07) is 12.7. The number of ether oxygens (including phenoxy) is 1. The number of allylic oxidation sites excluding steroid dienone is 1. The van der Waals surface area contributed by atoms with Gasteiger partial charge in [0.1, 0.15) is 11.6 Å². The van der Waals surface area contributed by atoms with Gasteiger partial charge in [0.05, 0.1) is 19.3 Å². The second kappa shape index (κ2) is 11.6. The van der Waals surface area contributed by atoms with Gasteiger partial charge < -0.3 is 9.30 Å². The van der Waals surface area contributed by atoms with Crippen molar-refractivity contribution < 1.29 is 18.3 Å². The summed E-state index contributed by atoms with van der Waals surface area (Å²) < 4.78 is 35.6. The minimum atomic E-state index is -0.535. The first-order valence-corrected chi connectivity index (χ1v) is 11.6. The number of benzene rings is 2. The number of hydrogen-bond acceptors (Lipinski definition) is 3. The third-order valence-corrected chi connectivity index (χ3v) is 5.35. The molecule has 0 amide bonds. The van der Waals surface area contributed by atoms with Crippen molar-refractivity contribution in [2.24, 2.45) is 0 Å². The second-order valence-electron chi connectivity index (χ2n) is 8.15. The maximum atomic E-state index is 14.5. The summed E-state index contributed by atoms with van der Waals surface area (Å²) in [7, 11) is 1.52. The summed E-state index contributed by atoms with van der Waals surface area (Å²) in [6.45, 7) is 7.64. The lowest BCUT2D eigenvalue weighted by Gasteiger charge is -2.12. The number of ketones is 1. The molecule has 182 valence electrons. The Bertz CT molecular complexity index is 1370. The van der Waals surface area contributed by atoms with E-state index in [2.05, 4.69) is 18.8 Å². The van der Waals surface area contributed by atoms with E-state index in [4.69, 9.17) is 4.74 Å². The van der Waals surface area contributed by atoms with Crippen LogP contribution in [0.2, 0.25) is 0 Å². The Kier molecular flexibility index (Phi) is 8.53. The zero-order valence-corrected chi connectivity index (χ0v) is 20.7. The van der Waals surface area contributed by atoms with Gasteiger partial charge in [0.25, 0.3) is 0 Å². The molecule has 4 aromatic rings. The molecule has 0 N–H and O–H groups in total. The molecule has 2 aromatic carbocycles. The molecule has 0 atom stereocenters. The van der Waals surface area contributed by atoms with Gasteiger partial charge in [0, 0.05) is 40.7 Å². The Morgan fingerprint density at radius 1 is 1.11 bits per heavy atom. The van der Waals surface area contributed by atoms with Gasteiger partial charge in [-0.15, -0.1) is 0 Å². The molecule has 0 aliphatic rings. The van der Waals surface area contributed by atoms with Crippen molar-refractivity contribution in [2.45, 2.75) is 40.7 Å². The summed E-state index contributed by atoms with van der Waals surface area (Å²) in [4.78, 5) is 17.2. The van der Waals surface area contributed by atoms with E-state index in [1.807, 2.05) is 43.3 Å². The quantitative estimate of drug-likeness (QED) is 0.268. The molecule has 0 spiro atoms. The van der Waals surface area contributed by atoms with Gasteiger partial charge in [-0.05, 0) is 55.0 Å². The number of Topliss-reactive ketones (excluding diaryl/α,β-unsaturated/α-hetero) is 1. The molecule has 0 aliphatic heterocycles. The van der Waals surface area contributed by atoms with Crippen LogP contribution in [0.3, 0.4) is 0 Å². The lowest BCUT2D eigenvalue weighted by Crippen LogP contribution is -2.10. The largest absolute Gasteiger partial charge is 0.481 e. The Labute approximate surface area is 204 Å². The monoisotopic (exact) mass is 476 g/mol. The van der Waals surface area contributed by atoms with Crippen LogP contribution in [0.15, 0.2) is 60.8 Å². The van der Waals surface area contributed by atoms with E-state index < -0.39 is 11.6 Å². The van der Waals surface area contributed by atoms with E-state index >= 15 is 0 Å². The Morgan fingerprint density at radius 2 is 1.86 bits per heavy atom. The van der Waals surface area contributed by atoms with Crippen LogP contribution in [0.1, 0.15) is 55.7 Å². The van der Waals surface area contributed by atoms with Crippen LogP contribution in [-0.4, -0.2) is 22.4 Å². The van der Waals surface area contributed by atoms with Crippen LogP contribution < -0.4 is 4.74 Å². The van der Waals surface area contributed by atoms with Gasteiger partial charge in [0.15, 0.2) is 5.78 Å². The van der Waals surface area contributed by atoms with E-state index in [9.17, 15) is 13.6 Å². The fraction of sp³-hybridized carbons (Fsp3) is 0.241. The normalized spacial score (nSPS) is 10.9. The van der Waals surface area contributed by atoms with E-state index in [0.717, 1.165) is 34.7 Å². The average Bonchev–Trinajstić information content (AvgIpc) is 3.15. The highest BCUT2D eigenvalue weighted by molar-refractivity contribution is 6.11. The maximum Gasteiger partial charge on any atom is 0.221 e. The molecule has 4 nitrogen and oxygen atoms in total. The number of carbonyl (C=O) groups excluding carboxylic acids is 1. The van der Waals surface area contributed by atoms with Crippen molar-refractivity contribution in [2.75, 3.05) is 7.11 Å². The van der Waals surface area contributed by atoms with Crippen molar-refractivity contribution >= 4 is 22.8 Å². The fourth-order valence-electron chi connectivity index (χ4n) is 4.05. The number of aromatic nitrogens is 2. The molecule has 35 heavy (non-hydrogen) atoms. The molecular weight excluding hydrogens is 446 g/mol. The van der Waals surface area contributed by atoms with Gasteiger partial charge in [-0.25, -0.2) is 13.8 Å². The third-order valence-electron chi connectivity index (χ3n) is 5.35. The zero-order valence-electron chi connectivity index (χ0n) is 20.7. The number of methoxy groups -OCH3 is 1. The molecule has 0 aliphatic carbocycles. The molecule has 0 radical (unpaired) electrons. The fourth-order valence-corrected chi connectivity index (χ4v) is 4.05. The van der Waals surface area contributed by atoms with Crippen molar-refractivity contribution in [1.82, 2.24) is 9.55 Å². The Hall–Kier alpha value is -3.80. The lowest BCUT2D eigenvalue weighted by molar-refractivity contribution is 0.101. The standard InChI is InChI=1S/C26H22F2N2O2.C3H8/c1-4-6-17-8-11-23-21(13-17)24(20-7-5-12-29-26(20)32-3)25(16(2)31)30(23)15-18-14-19(27)9-10-22(18)28;1-3-2/h4-14H,15H2,1-3H3;3H2,1-2H3/b6-4-;. The molecule has 4 rings (SSSR count). The lowest BCUT2D eigenvalue weighted by atomic mass is 10.00. The van der Waals surface area contributed by atoms with E-state index in [-0.39, 0.29) is 17.9 Å². The SMILES string of the molecule is C/C=C\c1ccc2c(c1)c(-c1cccnc1OC)c(C(C)=O)n2Cc1cc(F)ccc1F.CCC. The van der Waals surface area contributed by atoms with Crippen LogP contribution in [0.4, 0.5) is 8.78 Å². The average molecular weight is 477 g/mol. The predicted molar refractivity (Wildman–Crippen MR) is 138 cm³/mol. The molecule has 0 saturated heterocycles. The molecule has 0 fully saturated rings. The van der Waals surface area contributed by atoms with Crippen LogP contribution in [0.25, 0.3) is 28.1 Å². The minimum absolute atomic E-state index is 0.000544. The third kappa shape index (κ3) is 5.48. The van der Waals surface area contributed by atoms with Crippen molar-refractivity contribution in [3.05, 3.63) is 89.3 Å².